The van der Waals surface area contributed by atoms with E-state index in [9.17, 15) is 5.26 Å². The van der Waals surface area contributed by atoms with Crippen LogP contribution in [-0.4, -0.2) is 6.61 Å². The minimum Gasteiger partial charge on any atom is -0.490 e. The third-order valence-corrected chi connectivity index (χ3v) is 5.14. The molecule has 0 aliphatic heterocycles. The van der Waals surface area contributed by atoms with Gasteiger partial charge in [-0.25, -0.2) is 0 Å². The van der Waals surface area contributed by atoms with E-state index in [1.54, 1.807) is 0 Å². The van der Waals surface area contributed by atoms with Crippen LogP contribution in [0.3, 0.4) is 0 Å². The number of hydrogen-bond donors (Lipinski definition) is 0. The van der Waals surface area contributed by atoms with E-state index in [0.29, 0.717) is 35.3 Å². The number of ether oxygens (including phenoxy) is 2. The first-order chi connectivity index (χ1) is 14.1. The molecule has 0 aromatic heterocycles. The lowest BCUT2D eigenvalue weighted by Gasteiger charge is -2.15. The van der Waals surface area contributed by atoms with Crippen LogP contribution in [0, 0.1) is 11.3 Å². The Hall–Kier alpha value is -2.74. The highest BCUT2D eigenvalue weighted by Crippen LogP contribution is 2.38. The van der Waals surface area contributed by atoms with Gasteiger partial charge in [0.1, 0.15) is 6.61 Å². The highest BCUT2D eigenvalue weighted by molar-refractivity contribution is 9.10. The van der Waals surface area contributed by atoms with Crippen LogP contribution >= 0.6 is 27.5 Å². The van der Waals surface area contributed by atoms with Gasteiger partial charge in [-0.2, -0.15) is 5.26 Å². The first kappa shape index (κ1) is 21.0. The van der Waals surface area contributed by atoms with Gasteiger partial charge in [-0.1, -0.05) is 60.1 Å². The number of benzene rings is 3. The van der Waals surface area contributed by atoms with Gasteiger partial charge in [0, 0.05) is 10.6 Å². The Balaban J connectivity index is 1.93. The van der Waals surface area contributed by atoms with Crippen LogP contribution in [0.2, 0.25) is 5.02 Å². The molecule has 0 heterocycles. The monoisotopic (exact) mass is 467 g/mol. The average molecular weight is 469 g/mol. The smallest absolute Gasteiger partial charge is 0.175 e. The number of nitriles is 1. The molecule has 0 bridgehead atoms. The zero-order chi connectivity index (χ0) is 20.6. The molecule has 0 atom stereocenters. The van der Waals surface area contributed by atoms with Gasteiger partial charge in [0.25, 0.3) is 0 Å². The molecule has 0 amide bonds. The van der Waals surface area contributed by atoms with Crippen molar-refractivity contribution in [3.05, 3.63) is 92.9 Å². The average Bonchev–Trinajstić information content (AvgIpc) is 2.73. The van der Waals surface area contributed by atoms with Crippen LogP contribution in [0.25, 0.3) is 11.6 Å². The Morgan fingerprint density at radius 2 is 1.79 bits per heavy atom. The second-order valence-corrected chi connectivity index (χ2v) is 7.44. The second-order valence-electron chi connectivity index (χ2n) is 6.18. The molecular formula is C24H19BrClNO2. The lowest BCUT2D eigenvalue weighted by atomic mass is 10.0. The van der Waals surface area contributed by atoms with E-state index in [1.165, 1.54) is 0 Å². The van der Waals surface area contributed by atoms with Crippen molar-refractivity contribution in [1.29, 1.82) is 5.26 Å². The molecule has 29 heavy (non-hydrogen) atoms. The quantitative estimate of drug-likeness (QED) is 0.273. The van der Waals surface area contributed by atoms with Crippen molar-refractivity contribution in [1.82, 2.24) is 0 Å². The van der Waals surface area contributed by atoms with E-state index in [1.807, 2.05) is 79.7 Å². The van der Waals surface area contributed by atoms with Crippen LogP contribution in [0.15, 0.2) is 71.2 Å². The molecule has 0 saturated carbocycles. The molecule has 0 unspecified atom stereocenters. The highest BCUT2D eigenvalue weighted by Gasteiger charge is 2.13. The Labute approximate surface area is 184 Å². The molecule has 0 fully saturated rings. The predicted molar refractivity (Wildman–Crippen MR) is 121 cm³/mol. The first-order valence-corrected chi connectivity index (χ1v) is 10.3. The van der Waals surface area contributed by atoms with Crippen molar-refractivity contribution < 1.29 is 9.47 Å². The van der Waals surface area contributed by atoms with Gasteiger partial charge in [-0.15, -0.1) is 0 Å². The van der Waals surface area contributed by atoms with E-state index < -0.39 is 0 Å². The van der Waals surface area contributed by atoms with Crippen molar-refractivity contribution in [3.8, 4) is 17.6 Å². The number of nitrogens with zero attached hydrogens (tertiary/aromatic N) is 1. The number of allylic oxidation sites excluding steroid dienone is 1. The Morgan fingerprint density at radius 3 is 2.48 bits per heavy atom. The van der Waals surface area contributed by atoms with E-state index in [4.69, 9.17) is 21.1 Å². The van der Waals surface area contributed by atoms with Crippen LogP contribution in [-0.2, 0) is 6.61 Å². The molecule has 3 rings (SSSR count). The van der Waals surface area contributed by atoms with Crippen LogP contribution in [0.1, 0.15) is 23.6 Å². The maximum atomic E-state index is 9.58. The fraction of sp³-hybridized carbons (Fsp3) is 0.125. The molecule has 3 aromatic carbocycles. The maximum absolute atomic E-state index is 9.58. The Kier molecular flexibility index (Phi) is 7.35. The van der Waals surface area contributed by atoms with Crippen LogP contribution in [0.5, 0.6) is 11.5 Å². The van der Waals surface area contributed by atoms with E-state index in [-0.39, 0.29) is 0 Å². The van der Waals surface area contributed by atoms with E-state index >= 15 is 0 Å². The lowest BCUT2D eigenvalue weighted by Crippen LogP contribution is -2.01. The fourth-order valence-electron chi connectivity index (χ4n) is 2.80. The molecule has 0 aliphatic rings. The van der Waals surface area contributed by atoms with Gasteiger partial charge >= 0.3 is 0 Å². The van der Waals surface area contributed by atoms with Gasteiger partial charge in [0.2, 0.25) is 0 Å². The summed E-state index contributed by atoms with van der Waals surface area (Å²) in [6.45, 7) is 2.73. The van der Waals surface area contributed by atoms with Crippen molar-refractivity contribution in [2.45, 2.75) is 13.5 Å². The SMILES string of the molecule is CCOc1cc(/C=C(/C#N)c2ccccc2)cc(Br)c1OCc1ccccc1Cl. The normalized spacial score (nSPS) is 11.0. The Morgan fingerprint density at radius 1 is 1.07 bits per heavy atom. The van der Waals surface area contributed by atoms with Crippen molar-refractivity contribution >= 4 is 39.2 Å². The zero-order valence-electron chi connectivity index (χ0n) is 15.9. The topological polar surface area (TPSA) is 42.2 Å². The zero-order valence-corrected chi connectivity index (χ0v) is 18.2. The molecule has 3 aromatic rings. The molecule has 0 saturated heterocycles. The third-order valence-electron chi connectivity index (χ3n) is 4.18. The number of rotatable bonds is 7. The molecule has 0 aliphatic carbocycles. The second kappa shape index (κ2) is 10.2. The summed E-state index contributed by atoms with van der Waals surface area (Å²) in [4.78, 5) is 0. The number of halogens is 2. The first-order valence-electron chi connectivity index (χ1n) is 9.12. The van der Waals surface area contributed by atoms with E-state index in [0.717, 1.165) is 21.2 Å². The van der Waals surface area contributed by atoms with Gasteiger partial charge < -0.3 is 9.47 Å². The maximum Gasteiger partial charge on any atom is 0.175 e. The van der Waals surface area contributed by atoms with Crippen LogP contribution < -0.4 is 9.47 Å². The van der Waals surface area contributed by atoms with Crippen LogP contribution in [0.4, 0.5) is 0 Å². The Bertz CT molecular complexity index is 1060. The number of hydrogen-bond acceptors (Lipinski definition) is 3. The predicted octanol–water partition coefficient (Wildman–Crippen LogP) is 7.14. The van der Waals surface area contributed by atoms with Gasteiger partial charge in [0.05, 0.1) is 22.7 Å². The lowest BCUT2D eigenvalue weighted by molar-refractivity contribution is 0.267. The highest BCUT2D eigenvalue weighted by atomic mass is 79.9. The molecule has 5 heteroatoms. The standard InChI is InChI=1S/C24H19BrClNO2/c1-2-28-23-14-17(12-20(15-27)18-8-4-3-5-9-18)13-21(25)24(23)29-16-19-10-6-7-11-22(19)26/h3-14H,2,16H2,1H3/b20-12-. The minimum atomic E-state index is 0.320. The molecule has 146 valence electrons. The van der Waals surface area contributed by atoms with Gasteiger partial charge in [-0.05, 0) is 58.3 Å². The fourth-order valence-corrected chi connectivity index (χ4v) is 3.57. The van der Waals surface area contributed by atoms with Gasteiger partial charge in [0.15, 0.2) is 11.5 Å². The summed E-state index contributed by atoms with van der Waals surface area (Å²) in [7, 11) is 0. The van der Waals surface area contributed by atoms with Crippen molar-refractivity contribution in [2.24, 2.45) is 0 Å². The summed E-state index contributed by atoms with van der Waals surface area (Å²) in [6.07, 6.45) is 1.83. The van der Waals surface area contributed by atoms with E-state index in [2.05, 4.69) is 22.0 Å². The summed E-state index contributed by atoms with van der Waals surface area (Å²) in [5, 5.41) is 10.2. The molecule has 0 spiro atoms. The summed E-state index contributed by atoms with van der Waals surface area (Å²) in [5.74, 6) is 1.20. The van der Waals surface area contributed by atoms with Gasteiger partial charge in [-0.3, -0.25) is 0 Å². The minimum absolute atomic E-state index is 0.320. The largest absolute Gasteiger partial charge is 0.490 e. The third kappa shape index (κ3) is 5.41. The summed E-state index contributed by atoms with van der Waals surface area (Å²) < 4.78 is 12.6. The van der Waals surface area contributed by atoms with Crippen molar-refractivity contribution in [2.75, 3.05) is 6.61 Å². The molecule has 3 nitrogen and oxygen atoms in total. The summed E-state index contributed by atoms with van der Waals surface area (Å²) in [5.41, 5.74) is 3.17. The van der Waals surface area contributed by atoms with Crippen molar-refractivity contribution in [3.63, 3.8) is 0 Å². The molecule has 0 radical (unpaired) electrons. The molecular weight excluding hydrogens is 450 g/mol. The molecule has 0 N–H and O–H groups in total. The summed E-state index contributed by atoms with van der Waals surface area (Å²) >= 11 is 9.80. The summed E-state index contributed by atoms with van der Waals surface area (Å²) in [6, 6.07) is 23.2.